The standard InChI is InChI=1S/C12H15Cl2NO/c1-2-3-12(16)15-7-6-9-4-5-10(13)8-11(9)14/h4-5,8H,2-3,6-7H2,1H3,(H,15,16). The van der Waals surface area contributed by atoms with Crippen LogP contribution in [0.3, 0.4) is 0 Å². The number of benzene rings is 1. The fraction of sp³-hybridized carbons (Fsp3) is 0.417. The molecule has 0 aromatic heterocycles. The number of rotatable bonds is 5. The molecule has 0 saturated heterocycles. The van der Waals surface area contributed by atoms with Crippen LogP contribution in [-0.4, -0.2) is 12.5 Å². The normalized spacial score (nSPS) is 10.2. The lowest BCUT2D eigenvalue weighted by Gasteiger charge is -2.06. The van der Waals surface area contributed by atoms with E-state index >= 15 is 0 Å². The predicted octanol–water partition coefficient (Wildman–Crippen LogP) is 3.45. The zero-order chi connectivity index (χ0) is 12.0. The molecule has 0 bridgehead atoms. The van der Waals surface area contributed by atoms with Crippen LogP contribution in [0.25, 0.3) is 0 Å². The average molecular weight is 260 g/mol. The zero-order valence-corrected chi connectivity index (χ0v) is 10.7. The molecule has 0 spiro atoms. The number of hydrogen-bond acceptors (Lipinski definition) is 1. The lowest BCUT2D eigenvalue weighted by molar-refractivity contribution is -0.121. The predicted molar refractivity (Wildman–Crippen MR) is 68.1 cm³/mol. The zero-order valence-electron chi connectivity index (χ0n) is 9.22. The third-order valence-corrected chi connectivity index (χ3v) is 2.80. The highest BCUT2D eigenvalue weighted by molar-refractivity contribution is 6.35. The topological polar surface area (TPSA) is 29.1 Å². The lowest BCUT2D eigenvalue weighted by atomic mass is 10.1. The maximum atomic E-state index is 11.2. The Hall–Kier alpha value is -0.730. The molecular formula is C12H15Cl2NO. The van der Waals surface area contributed by atoms with Crippen LogP contribution in [0.1, 0.15) is 25.3 Å². The SMILES string of the molecule is CCCC(=O)NCCc1ccc(Cl)cc1Cl. The molecule has 4 heteroatoms. The van der Waals surface area contributed by atoms with E-state index in [-0.39, 0.29) is 5.91 Å². The molecule has 0 saturated carbocycles. The van der Waals surface area contributed by atoms with E-state index in [0.29, 0.717) is 23.0 Å². The molecule has 1 aromatic carbocycles. The maximum absolute atomic E-state index is 11.2. The van der Waals surface area contributed by atoms with Crippen LogP contribution in [0.4, 0.5) is 0 Å². The lowest BCUT2D eigenvalue weighted by Crippen LogP contribution is -2.25. The minimum absolute atomic E-state index is 0.0904. The van der Waals surface area contributed by atoms with Crippen LogP contribution in [0.5, 0.6) is 0 Å². The van der Waals surface area contributed by atoms with Gasteiger partial charge >= 0.3 is 0 Å². The van der Waals surface area contributed by atoms with Crippen molar-refractivity contribution in [2.75, 3.05) is 6.54 Å². The van der Waals surface area contributed by atoms with Gasteiger partial charge in [0.05, 0.1) is 0 Å². The molecule has 0 heterocycles. The van der Waals surface area contributed by atoms with E-state index in [1.54, 1.807) is 12.1 Å². The van der Waals surface area contributed by atoms with Crippen LogP contribution in [0, 0.1) is 0 Å². The number of halogens is 2. The fourth-order valence-corrected chi connectivity index (χ4v) is 1.88. The maximum Gasteiger partial charge on any atom is 0.219 e. The van der Waals surface area contributed by atoms with Crippen LogP contribution < -0.4 is 5.32 Å². The molecule has 0 radical (unpaired) electrons. The number of amides is 1. The Labute approximate surface area is 106 Å². The Balaban J connectivity index is 2.40. The van der Waals surface area contributed by atoms with Gasteiger partial charge in [-0.05, 0) is 30.5 Å². The summed E-state index contributed by atoms with van der Waals surface area (Å²) in [5.41, 5.74) is 1.00. The molecule has 2 nitrogen and oxygen atoms in total. The number of carbonyl (C=O) groups excluding carboxylic acids is 1. The van der Waals surface area contributed by atoms with Crippen LogP contribution >= 0.6 is 23.2 Å². The molecule has 16 heavy (non-hydrogen) atoms. The smallest absolute Gasteiger partial charge is 0.219 e. The van der Waals surface area contributed by atoms with Gasteiger partial charge in [0.15, 0.2) is 0 Å². The first-order chi connectivity index (χ1) is 7.63. The molecule has 1 rings (SSSR count). The Morgan fingerprint density at radius 1 is 1.38 bits per heavy atom. The molecule has 88 valence electrons. The molecule has 0 aliphatic carbocycles. The van der Waals surface area contributed by atoms with Crippen molar-refractivity contribution < 1.29 is 4.79 Å². The molecule has 1 amide bonds. The van der Waals surface area contributed by atoms with Gasteiger partial charge in [-0.15, -0.1) is 0 Å². The van der Waals surface area contributed by atoms with Crippen molar-refractivity contribution in [2.45, 2.75) is 26.2 Å². The van der Waals surface area contributed by atoms with E-state index in [1.807, 2.05) is 13.0 Å². The third-order valence-electron chi connectivity index (χ3n) is 2.21. The second kappa shape index (κ2) is 6.77. The molecule has 0 aliphatic rings. The summed E-state index contributed by atoms with van der Waals surface area (Å²) in [7, 11) is 0. The summed E-state index contributed by atoms with van der Waals surface area (Å²) in [4.78, 5) is 11.2. The van der Waals surface area contributed by atoms with E-state index in [1.165, 1.54) is 0 Å². The second-order valence-corrected chi connectivity index (χ2v) is 4.43. The van der Waals surface area contributed by atoms with Crippen LogP contribution in [0.15, 0.2) is 18.2 Å². The molecule has 1 N–H and O–H groups in total. The summed E-state index contributed by atoms with van der Waals surface area (Å²) in [6.07, 6.45) is 2.17. The largest absolute Gasteiger partial charge is 0.356 e. The van der Waals surface area contributed by atoms with Crippen molar-refractivity contribution in [2.24, 2.45) is 0 Å². The van der Waals surface area contributed by atoms with Gasteiger partial charge < -0.3 is 5.32 Å². The second-order valence-electron chi connectivity index (χ2n) is 3.59. The van der Waals surface area contributed by atoms with Gasteiger partial charge in [0.2, 0.25) is 5.91 Å². The Kier molecular flexibility index (Phi) is 5.64. The van der Waals surface area contributed by atoms with Crippen molar-refractivity contribution in [1.29, 1.82) is 0 Å². The van der Waals surface area contributed by atoms with E-state index in [4.69, 9.17) is 23.2 Å². The number of hydrogen-bond donors (Lipinski definition) is 1. The summed E-state index contributed by atoms with van der Waals surface area (Å²) in [6, 6.07) is 5.40. The quantitative estimate of drug-likeness (QED) is 0.863. The van der Waals surface area contributed by atoms with E-state index in [0.717, 1.165) is 18.4 Å². The average Bonchev–Trinajstić information content (AvgIpc) is 2.22. The minimum Gasteiger partial charge on any atom is -0.356 e. The van der Waals surface area contributed by atoms with E-state index in [2.05, 4.69) is 5.32 Å². The minimum atomic E-state index is 0.0904. The van der Waals surface area contributed by atoms with Gasteiger partial charge in [0.25, 0.3) is 0 Å². The Bertz CT molecular complexity index is 366. The molecule has 1 aromatic rings. The first-order valence-corrected chi connectivity index (χ1v) is 6.09. The van der Waals surface area contributed by atoms with Gasteiger partial charge in [-0.3, -0.25) is 4.79 Å². The van der Waals surface area contributed by atoms with E-state index < -0.39 is 0 Å². The van der Waals surface area contributed by atoms with Crippen molar-refractivity contribution in [3.63, 3.8) is 0 Å². The highest BCUT2D eigenvalue weighted by atomic mass is 35.5. The fourth-order valence-electron chi connectivity index (χ4n) is 1.38. The monoisotopic (exact) mass is 259 g/mol. The van der Waals surface area contributed by atoms with Gasteiger partial charge in [-0.1, -0.05) is 36.2 Å². The van der Waals surface area contributed by atoms with Gasteiger partial charge in [-0.2, -0.15) is 0 Å². The van der Waals surface area contributed by atoms with Gasteiger partial charge in [-0.25, -0.2) is 0 Å². The summed E-state index contributed by atoms with van der Waals surface area (Å²) < 4.78 is 0. The van der Waals surface area contributed by atoms with Crippen molar-refractivity contribution in [3.05, 3.63) is 33.8 Å². The van der Waals surface area contributed by atoms with Crippen molar-refractivity contribution in [3.8, 4) is 0 Å². The summed E-state index contributed by atoms with van der Waals surface area (Å²) in [6.45, 7) is 2.59. The highest BCUT2D eigenvalue weighted by Gasteiger charge is 2.02. The van der Waals surface area contributed by atoms with Crippen LogP contribution in [-0.2, 0) is 11.2 Å². The number of nitrogens with one attached hydrogen (secondary N) is 1. The molecular weight excluding hydrogens is 245 g/mol. The van der Waals surface area contributed by atoms with Gasteiger partial charge in [0, 0.05) is 23.0 Å². The Morgan fingerprint density at radius 2 is 2.12 bits per heavy atom. The molecule has 0 fully saturated rings. The molecule has 0 atom stereocenters. The van der Waals surface area contributed by atoms with Crippen LogP contribution in [0.2, 0.25) is 10.0 Å². The molecule has 0 unspecified atom stereocenters. The summed E-state index contributed by atoms with van der Waals surface area (Å²) >= 11 is 11.8. The Morgan fingerprint density at radius 3 is 2.75 bits per heavy atom. The first-order valence-electron chi connectivity index (χ1n) is 5.34. The van der Waals surface area contributed by atoms with Crippen molar-refractivity contribution in [1.82, 2.24) is 5.32 Å². The number of carbonyl (C=O) groups is 1. The molecule has 0 aliphatic heterocycles. The summed E-state index contributed by atoms with van der Waals surface area (Å²) in [5.74, 6) is 0.0904. The third kappa shape index (κ3) is 4.42. The summed E-state index contributed by atoms with van der Waals surface area (Å²) in [5, 5.41) is 4.12. The van der Waals surface area contributed by atoms with E-state index in [9.17, 15) is 4.79 Å². The highest BCUT2D eigenvalue weighted by Crippen LogP contribution is 2.20. The first kappa shape index (κ1) is 13.3. The van der Waals surface area contributed by atoms with Gasteiger partial charge in [0.1, 0.15) is 0 Å². The van der Waals surface area contributed by atoms with Crippen molar-refractivity contribution >= 4 is 29.1 Å².